The zero-order valence-electron chi connectivity index (χ0n) is 23.7. The van der Waals surface area contributed by atoms with E-state index in [1.807, 2.05) is 19.6 Å². The van der Waals surface area contributed by atoms with Gasteiger partial charge in [0, 0.05) is 52.4 Å². The molecule has 0 aromatic rings. The molecule has 0 atom stereocenters. The van der Waals surface area contributed by atoms with Crippen LogP contribution in [0.25, 0.3) is 0 Å². The fourth-order valence-electron chi connectivity index (χ4n) is 3.77. The van der Waals surface area contributed by atoms with Crippen molar-refractivity contribution < 1.29 is 91.7 Å². The second kappa shape index (κ2) is 24.3. The van der Waals surface area contributed by atoms with Crippen LogP contribution in [0.4, 0.5) is 0 Å². The third-order valence-electron chi connectivity index (χ3n) is 5.56. The number of carbonyl (C=O) groups is 4. The Morgan fingerprint density at radius 3 is 0.737 bits per heavy atom. The first-order valence-electron chi connectivity index (χ1n) is 12.8. The maximum absolute atomic E-state index is 12.2. The maximum Gasteiger partial charge on any atom is 1.00 e. The quantitative estimate of drug-likeness (QED) is 0.0854. The summed E-state index contributed by atoms with van der Waals surface area (Å²) in [4.78, 5) is 56.6. The van der Waals surface area contributed by atoms with Crippen molar-refractivity contribution in [2.75, 3.05) is 105 Å². The molecule has 0 aromatic heterocycles. The van der Waals surface area contributed by atoms with E-state index in [1.54, 1.807) is 27.7 Å². The second-order valence-electron chi connectivity index (χ2n) is 8.32. The number of hydrogen-bond acceptors (Lipinski definition) is 12. The zero-order chi connectivity index (χ0) is 26.8. The fraction of sp³-hybridized carbons (Fsp3) is 0.833. The van der Waals surface area contributed by atoms with E-state index in [1.165, 1.54) is 0 Å². The zero-order valence-corrected chi connectivity index (χ0v) is 27.9. The summed E-state index contributed by atoms with van der Waals surface area (Å²) in [5.41, 5.74) is 0. The number of rotatable bonds is 12. The van der Waals surface area contributed by atoms with Crippen molar-refractivity contribution in [2.45, 2.75) is 27.7 Å². The van der Waals surface area contributed by atoms with Crippen LogP contribution in [0.1, 0.15) is 27.7 Å². The Bertz CT molecular complexity index is 564. The van der Waals surface area contributed by atoms with Gasteiger partial charge in [-0.1, -0.05) is 0 Å². The molecule has 0 spiro atoms. The standard InChI is InChI=1S/C24H44N4O8.HI.Na/c1-5-33-21(29)17-25-9-11-26(18-22(30)34-6-2)13-15-28(20-24(32)36-8-4)16-14-27(12-10-25)19-23(31)35-7-3;;/h5-20H2,1-4H3;1H;/q;;+1/p-1. The van der Waals surface area contributed by atoms with Gasteiger partial charge in [0.1, 0.15) is 0 Å². The van der Waals surface area contributed by atoms with Gasteiger partial charge in [0.25, 0.3) is 0 Å². The minimum absolute atomic E-state index is 0. The van der Waals surface area contributed by atoms with Gasteiger partial charge in [-0.3, -0.25) is 38.8 Å². The third-order valence-corrected chi connectivity index (χ3v) is 5.56. The van der Waals surface area contributed by atoms with Gasteiger partial charge in [0.05, 0.1) is 52.6 Å². The SMILES string of the molecule is CCOC(=O)CN1CCN(CC(=O)OCC)CCN(CC(=O)OCC)CCN(CC(=O)OCC)CC1.[I-].[Na+]. The van der Waals surface area contributed by atoms with Crippen LogP contribution in [-0.4, -0.2) is 148 Å². The molecule has 1 aliphatic rings. The first-order chi connectivity index (χ1) is 17.3. The van der Waals surface area contributed by atoms with Crippen LogP contribution in [0, 0.1) is 0 Å². The number of esters is 4. The molecule has 0 radical (unpaired) electrons. The monoisotopic (exact) mass is 666 g/mol. The van der Waals surface area contributed by atoms with Gasteiger partial charge < -0.3 is 42.9 Å². The van der Waals surface area contributed by atoms with Crippen molar-refractivity contribution in [2.24, 2.45) is 0 Å². The summed E-state index contributed by atoms with van der Waals surface area (Å²) < 4.78 is 20.5. The van der Waals surface area contributed by atoms with Gasteiger partial charge >= 0.3 is 53.4 Å². The summed E-state index contributed by atoms with van der Waals surface area (Å²) in [5, 5.41) is 0. The Morgan fingerprint density at radius 1 is 0.447 bits per heavy atom. The average molecular weight is 667 g/mol. The predicted octanol–water partition coefficient (Wildman–Crippen LogP) is -6.53. The van der Waals surface area contributed by atoms with Gasteiger partial charge in [-0.15, -0.1) is 0 Å². The van der Waals surface area contributed by atoms with E-state index in [0.717, 1.165) is 0 Å². The van der Waals surface area contributed by atoms with Gasteiger partial charge in [0.15, 0.2) is 0 Å². The van der Waals surface area contributed by atoms with Crippen LogP contribution in [0.3, 0.4) is 0 Å². The molecule has 1 fully saturated rings. The Morgan fingerprint density at radius 2 is 0.605 bits per heavy atom. The van der Waals surface area contributed by atoms with Crippen molar-refractivity contribution in [3.05, 3.63) is 0 Å². The molecule has 1 saturated heterocycles. The summed E-state index contributed by atoms with van der Waals surface area (Å²) in [7, 11) is 0. The molecule has 38 heavy (non-hydrogen) atoms. The van der Waals surface area contributed by atoms with E-state index in [0.29, 0.717) is 78.8 Å². The number of nitrogens with zero attached hydrogens (tertiary/aromatic N) is 4. The molecule has 1 aliphatic heterocycles. The minimum Gasteiger partial charge on any atom is -1.00 e. The van der Waals surface area contributed by atoms with Crippen LogP contribution >= 0.6 is 0 Å². The Hall–Kier alpha value is -0.550. The molecule has 216 valence electrons. The normalized spacial score (nSPS) is 16.5. The van der Waals surface area contributed by atoms with Crippen LogP contribution < -0.4 is 53.5 Å². The van der Waals surface area contributed by atoms with E-state index in [4.69, 9.17) is 18.9 Å². The predicted molar refractivity (Wildman–Crippen MR) is 132 cm³/mol. The Labute approximate surface area is 266 Å². The first-order valence-corrected chi connectivity index (χ1v) is 12.8. The molecule has 0 bridgehead atoms. The fourth-order valence-corrected chi connectivity index (χ4v) is 3.77. The molecular formula is C24H44IN4NaO8. The molecule has 14 heteroatoms. The molecule has 0 aliphatic carbocycles. The summed E-state index contributed by atoms with van der Waals surface area (Å²) >= 11 is 0. The molecule has 0 aromatic carbocycles. The van der Waals surface area contributed by atoms with Crippen molar-refractivity contribution in [1.29, 1.82) is 0 Å². The van der Waals surface area contributed by atoms with E-state index in [-0.39, 0.29) is 104 Å². The van der Waals surface area contributed by atoms with Crippen molar-refractivity contribution in [1.82, 2.24) is 19.6 Å². The van der Waals surface area contributed by atoms with E-state index in [2.05, 4.69) is 0 Å². The van der Waals surface area contributed by atoms with Crippen molar-refractivity contribution >= 4 is 23.9 Å². The van der Waals surface area contributed by atoms with Gasteiger partial charge in [-0.25, -0.2) is 0 Å². The van der Waals surface area contributed by atoms with Gasteiger partial charge in [-0.2, -0.15) is 0 Å². The van der Waals surface area contributed by atoms with Gasteiger partial charge in [-0.05, 0) is 27.7 Å². The summed E-state index contributed by atoms with van der Waals surface area (Å²) in [5.74, 6) is -1.28. The van der Waals surface area contributed by atoms with Crippen LogP contribution in [0.15, 0.2) is 0 Å². The molecule has 1 heterocycles. The minimum atomic E-state index is -0.320. The summed E-state index contributed by atoms with van der Waals surface area (Å²) in [6.07, 6.45) is 0. The molecule has 0 N–H and O–H groups in total. The Kier molecular flexibility index (Phi) is 25.3. The Balaban J connectivity index is 0. The maximum atomic E-state index is 12.2. The average Bonchev–Trinajstić information content (AvgIpc) is 2.81. The largest absolute Gasteiger partial charge is 1.00 e. The number of ether oxygens (including phenoxy) is 4. The van der Waals surface area contributed by atoms with Crippen LogP contribution in [0.2, 0.25) is 0 Å². The number of halogens is 1. The van der Waals surface area contributed by atoms with Crippen LogP contribution in [0.5, 0.6) is 0 Å². The number of carbonyl (C=O) groups excluding carboxylic acids is 4. The van der Waals surface area contributed by atoms with E-state index >= 15 is 0 Å². The van der Waals surface area contributed by atoms with E-state index in [9.17, 15) is 19.2 Å². The molecule has 12 nitrogen and oxygen atoms in total. The molecule has 1 rings (SSSR count). The molecule has 0 unspecified atom stereocenters. The smallest absolute Gasteiger partial charge is 1.00 e. The topological polar surface area (TPSA) is 118 Å². The molecule has 0 amide bonds. The second-order valence-corrected chi connectivity index (χ2v) is 8.32. The van der Waals surface area contributed by atoms with Crippen molar-refractivity contribution in [3.8, 4) is 0 Å². The van der Waals surface area contributed by atoms with Gasteiger partial charge in [0.2, 0.25) is 0 Å². The number of hydrogen-bond donors (Lipinski definition) is 0. The summed E-state index contributed by atoms with van der Waals surface area (Å²) in [6, 6.07) is 0. The van der Waals surface area contributed by atoms with Crippen LogP contribution in [-0.2, 0) is 38.1 Å². The third kappa shape index (κ3) is 18.7. The first kappa shape index (κ1) is 39.6. The molecular weight excluding hydrogens is 622 g/mol. The summed E-state index contributed by atoms with van der Waals surface area (Å²) in [6.45, 7) is 12.8. The van der Waals surface area contributed by atoms with E-state index < -0.39 is 0 Å². The van der Waals surface area contributed by atoms with Crippen molar-refractivity contribution in [3.63, 3.8) is 0 Å². The molecule has 0 saturated carbocycles.